The van der Waals surface area contributed by atoms with Crippen molar-refractivity contribution in [2.45, 2.75) is 33.6 Å². The van der Waals surface area contributed by atoms with Gasteiger partial charge in [-0.1, -0.05) is 0 Å². The predicted octanol–water partition coefficient (Wildman–Crippen LogP) is 2.05. The number of amides is 3. The van der Waals surface area contributed by atoms with Crippen molar-refractivity contribution < 1.29 is 23.5 Å². The zero-order chi connectivity index (χ0) is 20.3. The molecule has 0 aliphatic carbocycles. The molecule has 1 atom stereocenters. The molecule has 2 fully saturated rings. The van der Waals surface area contributed by atoms with Crippen LogP contribution in [0.3, 0.4) is 0 Å². The number of piperazine rings is 1. The minimum Gasteiger partial charge on any atom is -0.466 e. The summed E-state index contributed by atoms with van der Waals surface area (Å²) in [6.07, 6.45) is 1.26. The van der Waals surface area contributed by atoms with Gasteiger partial charge in [-0.3, -0.25) is 9.59 Å². The van der Waals surface area contributed by atoms with Crippen LogP contribution in [0.15, 0.2) is 10.5 Å². The van der Waals surface area contributed by atoms with Crippen molar-refractivity contribution in [2.75, 3.05) is 45.9 Å². The molecule has 1 aromatic rings. The van der Waals surface area contributed by atoms with Crippen molar-refractivity contribution in [3.8, 4) is 0 Å². The van der Waals surface area contributed by atoms with Gasteiger partial charge in [-0.05, 0) is 39.7 Å². The highest BCUT2D eigenvalue weighted by atomic mass is 16.6. The van der Waals surface area contributed by atoms with Gasteiger partial charge in [0.15, 0.2) is 0 Å². The molecular weight excluding hydrogens is 362 g/mol. The first-order chi connectivity index (χ1) is 13.4. The molecular formula is C20H29N3O5. The topological polar surface area (TPSA) is 83.3 Å². The van der Waals surface area contributed by atoms with E-state index in [2.05, 4.69) is 0 Å². The Bertz CT molecular complexity index is 736. The smallest absolute Gasteiger partial charge is 0.409 e. The van der Waals surface area contributed by atoms with Gasteiger partial charge in [-0.15, -0.1) is 0 Å². The first kappa shape index (κ1) is 20.2. The molecule has 1 unspecified atom stereocenters. The number of nitrogens with zero attached hydrogens (tertiary/aromatic N) is 3. The summed E-state index contributed by atoms with van der Waals surface area (Å²) in [7, 11) is 0. The van der Waals surface area contributed by atoms with Crippen LogP contribution in [-0.4, -0.2) is 78.5 Å². The van der Waals surface area contributed by atoms with Gasteiger partial charge in [0.1, 0.15) is 11.5 Å². The summed E-state index contributed by atoms with van der Waals surface area (Å²) in [5.74, 6) is 1.14. The molecule has 2 saturated heterocycles. The molecule has 0 N–H and O–H groups in total. The van der Waals surface area contributed by atoms with E-state index in [0.717, 1.165) is 12.8 Å². The maximum absolute atomic E-state index is 13.0. The number of aryl methyl sites for hydroxylation is 2. The largest absolute Gasteiger partial charge is 0.466 e. The third kappa shape index (κ3) is 4.31. The van der Waals surface area contributed by atoms with Gasteiger partial charge >= 0.3 is 6.09 Å². The Morgan fingerprint density at radius 1 is 1.07 bits per heavy atom. The van der Waals surface area contributed by atoms with Gasteiger partial charge in [0.05, 0.1) is 18.1 Å². The van der Waals surface area contributed by atoms with Crippen molar-refractivity contribution in [3.63, 3.8) is 0 Å². The second kappa shape index (κ2) is 8.67. The molecule has 8 heteroatoms. The summed E-state index contributed by atoms with van der Waals surface area (Å²) in [4.78, 5) is 42.8. The summed E-state index contributed by atoms with van der Waals surface area (Å²) in [6.45, 7) is 8.78. The number of piperidine rings is 1. The van der Waals surface area contributed by atoms with E-state index < -0.39 is 0 Å². The third-order valence-electron chi connectivity index (χ3n) is 5.45. The van der Waals surface area contributed by atoms with E-state index in [0.29, 0.717) is 63.0 Å². The normalized spacial score (nSPS) is 20.2. The van der Waals surface area contributed by atoms with Crippen LogP contribution in [0.25, 0.3) is 0 Å². The number of furan rings is 1. The van der Waals surface area contributed by atoms with Crippen LogP contribution in [0.4, 0.5) is 4.79 Å². The monoisotopic (exact) mass is 391 g/mol. The Hall–Kier alpha value is -2.51. The van der Waals surface area contributed by atoms with Crippen LogP contribution in [-0.2, 0) is 9.53 Å². The Morgan fingerprint density at radius 3 is 2.36 bits per heavy atom. The highest BCUT2D eigenvalue weighted by Crippen LogP contribution is 2.23. The molecule has 154 valence electrons. The van der Waals surface area contributed by atoms with Crippen LogP contribution >= 0.6 is 0 Å². The average molecular weight is 391 g/mol. The summed E-state index contributed by atoms with van der Waals surface area (Å²) in [5.41, 5.74) is 0.577. The molecule has 8 nitrogen and oxygen atoms in total. The van der Waals surface area contributed by atoms with E-state index in [4.69, 9.17) is 9.15 Å². The molecule has 0 spiro atoms. The van der Waals surface area contributed by atoms with Crippen LogP contribution < -0.4 is 0 Å². The molecule has 3 rings (SSSR count). The number of carbonyl (C=O) groups is 3. The van der Waals surface area contributed by atoms with Crippen LogP contribution in [0.1, 0.15) is 41.6 Å². The van der Waals surface area contributed by atoms with Crippen LogP contribution in [0.5, 0.6) is 0 Å². The SMILES string of the molecule is CCOC(=O)N1CCN(C(=O)C2CCCN(C(=O)c3cc(C)oc3C)C2)CC1. The van der Waals surface area contributed by atoms with E-state index in [-0.39, 0.29) is 23.8 Å². The molecule has 1 aromatic heterocycles. The standard InChI is InChI=1S/C20H29N3O5/c1-4-27-20(26)22-10-8-21(9-11-22)18(24)16-6-5-7-23(13-16)19(25)17-12-14(2)28-15(17)3/h12,16H,4-11,13H2,1-3H3. The zero-order valence-corrected chi connectivity index (χ0v) is 16.9. The van der Waals surface area contributed by atoms with Gasteiger partial charge in [-0.25, -0.2) is 4.79 Å². The van der Waals surface area contributed by atoms with E-state index in [1.54, 1.807) is 29.7 Å². The lowest BCUT2D eigenvalue weighted by Gasteiger charge is -2.38. The number of rotatable bonds is 3. The lowest BCUT2D eigenvalue weighted by atomic mass is 9.95. The fourth-order valence-corrected chi connectivity index (χ4v) is 3.96. The highest BCUT2D eigenvalue weighted by molar-refractivity contribution is 5.95. The minimum atomic E-state index is -0.324. The van der Waals surface area contributed by atoms with Gasteiger partial charge < -0.3 is 23.9 Å². The van der Waals surface area contributed by atoms with Gasteiger partial charge in [0, 0.05) is 39.3 Å². The van der Waals surface area contributed by atoms with E-state index in [9.17, 15) is 14.4 Å². The predicted molar refractivity (Wildman–Crippen MR) is 102 cm³/mol. The first-order valence-electron chi connectivity index (χ1n) is 9.97. The number of hydrogen-bond donors (Lipinski definition) is 0. The van der Waals surface area contributed by atoms with Gasteiger partial charge in [0.2, 0.25) is 5.91 Å². The number of ether oxygens (including phenoxy) is 1. The lowest BCUT2D eigenvalue weighted by Crippen LogP contribution is -2.54. The lowest BCUT2D eigenvalue weighted by molar-refractivity contribution is -0.138. The van der Waals surface area contributed by atoms with Crippen molar-refractivity contribution >= 4 is 17.9 Å². The van der Waals surface area contributed by atoms with E-state index in [1.807, 2.05) is 11.8 Å². The van der Waals surface area contributed by atoms with Crippen molar-refractivity contribution in [1.82, 2.24) is 14.7 Å². The van der Waals surface area contributed by atoms with E-state index in [1.165, 1.54) is 0 Å². The Morgan fingerprint density at radius 2 is 1.75 bits per heavy atom. The Kier molecular flexibility index (Phi) is 6.26. The molecule has 3 heterocycles. The molecule has 0 saturated carbocycles. The highest BCUT2D eigenvalue weighted by Gasteiger charge is 2.34. The molecule has 2 aliphatic rings. The molecule has 0 bridgehead atoms. The average Bonchev–Trinajstić information content (AvgIpc) is 3.05. The molecule has 3 amide bonds. The van der Waals surface area contributed by atoms with Gasteiger partial charge in [-0.2, -0.15) is 0 Å². The van der Waals surface area contributed by atoms with Crippen molar-refractivity contribution in [2.24, 2.45) is 5.92 Å². The fraction of sp³-hybridized carbons (Fsp3) is 0.650. The van der Waals surface area contributed by atoms with Crippen LogP contribution in [0, 0.1) is 19.8 Å². The molecule has 2 aliphatic heterocycles. The number of hydrogen-bond acceptors (Lipinski definition) is 5. The van der Waals surface area contributed by atoms with Crippen LogP contribution in [0.2, 0.25) is 0 Å². The Labute approximate surface area is 165 Å². The Balaban J connectivity index is 1.57. The summed E-state index contributed by atoms with van der Waals surface area (Å²) in [5, 5.41) is 0. The maximum atomic E-state index is 13.0. The maximum Gasteiger partial charge on any atom is 0.409 e. The summed E-state index contributed by atoms with van der Waals surface area (Å²) >= 11 is 0. The minimum absolute atomic E-state index is 0.0704. The first-order valence-corrected chi connectivity index (χ1v) is 9.97. The van der Waals surface area contributed by atoms with Gasteiger partial charge in [0.25, 0.3) is 5.91 Å². The number of carbonyl (C=O) groups excluding carboxylic acids is 3. The second-order valence-electron chi connectivity index (χ2n) is 7.43. The molecule has 28 heavy (non-hydrogen) atoms. The fourth-order valence-electron chi connectivity index (χ4n) is 3.96. The van der Waals surface area contributed by atoms with E-state index >= 15 is 0 Å². The summed E-state index contributed by atoms with van der Waals surface area (Å²) < 4.78 is 10.5. The van der Waals surface area contributed by atoms with Crippen molar-refractivity contribution in [1.29, 1.82) is 0 Å². The quantitative estimate of drug-likeness (QED) is 0.787. The summed E-state index contributed by atoms with van der Waals surface area (Å²) in [6, 6.07) is 1.76. The van der Waals surface area contributed by atoms with Crippen molar-refractivity contribution in [3.05, 3.63) is 23.2 Å². The molecule has 0 aromatic carbocycles. The second-order valence-corrected chi connectivity index (χ2v) is 7.43. The number of likely N-dealkylation sites (tertiary alicyclic amines) is 1. The third-order valence-corrected chi connectivity index (χ3v) is 5.45. The zero-order valence-electron chi connectivity index (χ0n) is 16.9. The molecule has 0 radical (unpaired) electrons.